The maximum absolute atomic E-state index is 14.4. The largest absolute Gasteiger partial charge is 0.444 e. The number of allylic oxidation sites excluding steroid dienone is 2. The smallest absolute Gasteiger partial charge is 0.424 e. The first-order valence-corrected chi connectivity index (χ1v) is 26.2. The summed E-state index contributed by atoms with van der Waals surface area (Å²) in [7, 11) is 0. The summed E-state index contributed by atoms with van der Waals surface area (Å²) in [5.41, 5.74) is 5.41. The lowest BCUT2D eigenvalue weighted by Gasteiger charge is -2.37. The molecular weight excluding hydrogens is 953 g/mol. The third kappa shape index (κ3) is 7.23. The van der Waals surface area contributed by atoms with E-state index in [0.29, 0.717) is 20.9 Å². The van der Waals surface area contributed by atoms with E-state index >= 15 is 0 Å². The van der Waals surface area contributed by atoms with Gasteiger partial charge in [0, 0.05) is 42.2 Å². The van der Waals surface area contributed by atoms with Gasteiger partial charge in [0.15, 0.2) is 0 Å². The third-order valence-electron chi connectivity index (χ3n) is 15.1. The van der Waals surface area contributed by atoms with Crippen LogP contribution in [0.15, 0.2) is 112 Å². The molecule has 2 spiro atoms. The lowest BCUT2D eigenvalue weighted by molar-refractivity contribution is -0.140. The monoisotopic (exact) mass is 996 g/mol. The number of benzene rings is 2. The summed E-state index contributed by atoms with van der Waals surface area (Å²) < 4.78 is 13.4. The van der Waals surface area contributed by atoms with Crippen molar-refractivity contribution in [2.45, 2.75) is 102 Å². The first kappa shape index (κ1) is 46.1. The fraction of sp³-hybridized carbons (Fsp3) is 0.286. The van der Waals surface area contributed by atoms with Crippen LogP contribution in [0, 0.1) is 22.7 Å². The summed E-state index contributed by atoms with van der Waals surface area (Å²) in [4.78, 5) is 87.5. The SMILES string of the molecule is CC1=C(C#N)C(=O)N(C(=O)OCc2ccccc2)C(=O)/C1=C/C1=Cc2sc3c4c(sc3c2C12CCCCC2)-c1sc(/C=C2/C(=O)N(C(=O)OCc3ccccc3)C(=O)C(C#N)=C2C)cc1C41CCCCC1. The maximum Gasteiger partial charge on any atom is 0.424 e. The first-order chi connectivity index (χ1) is 34.4. The molecule has 3 aromatic heterocycles. The second-order valence-corrected chi connectivity index (χ2v) is 22.1. The molecule has 71 heavy (non-hydrogen) atoms. The molecule has 2 fully saturated rings. The van der Waals surface area contributed by atoms with Crippen LogP contribution in [0.25, 0.3) is 31.3 Å². The number of amides is 6. The Hall–Kier alpha value is -7.30. The highest BCUT2D eigenvalue weighted by atomic mass is 32.1. The van der Waals surface area contributed by atoms with Crippen LogP contribution < -0.4 is 0 Å². The molecule has 2 aliphatic heterocycles. The number of hydrogen-bond donors (Lipinski definition) is 0. The molecule has 354 valence electrons. The molecule has 0 atom stereocenters. The summed E-state index contributed by atoms with van der Waals surface area (Å²) >= 11 is 5.14. The summed E-state index contributed by atoms with van der Waals surface area (Å²) in [6.07, 6.45) is 13.2. The Bertz CT molecular complexity index is 3450. The van der Waals surface area contributed by atoms with Gasteiger partial charge in [-0.1, -0.05) is 99.2 Å². The van der Waals surface area contributed by atoms with Gasteiger partial charge < -0.3 is 9.47 Å². The zero-order chi connectivity index (χ0) is 49.3. The Labute approximate surface area is 421 Å². The molecule has 15 heteroatoms. The van der Waals surface area contributed by atoms with Crippen LogP contribution in [0.1, 0.15) is 116 Å². The molecular formula is C56H44N4O8S3. The molecule has 5 aromatic rings. The second-order valence-electron chi connectivity index (χ2n) is 18.9. The van der Waals surface area contributed by atoms with Gasteiger partial charge >= 0.3 is 12.2 Å². The van der Waals surface area contributed by atoms with Crippen molar-refractivity contribution in [3.63, 3.8) is 0 Å². The van der Waals surface area contributed by atoms with Crippen molar-refractivity contribution in [2.24, 2.45) is 0 Å². The number of carbonyl (C=O) groups is 6. The lowest BCUT2D eigenvalue weighted by atomic mass is 9.66. The zero-order valence-electron chi connectivity index (χ0n) is 38.8. The van der Waals surface area contributed by atoms with E-state index in [1.54, 1.807) is 102 Å². The van der Waals surface area contributed by atoms with Gasteiger partial charge in [0.25, 0.3) is 23.6 Å². The standard InChI is InChI=1S/C56H44N4O8S3/c1-31-37(49(61)59(51(63)39(31)27-57)53(65)67-29-33-15-7-3-8-16-33)23-35-24-42-43(55(35)19-11-5-12-20-55)46-48(70-42)44-47(71-46)45-41(56(44)21-13-6-14-22-56)26-36(69-45)25-38-32(2)40(28-58)52(64)60(50(38)62)54(66)68-30-34-17-9-4-10-18-34/h3-4,7-10,15-18,23-26H,5-6,11-14,19-22,29-30H2,1-2H3/b37-23+,38-25+. The van der Waals surface area contributed by atoms with Crippen molar-refractivity contribution in [3.05, 3.63) is 149 Å². The molecule has 6 aliphatic rings. The molecule has 2 saturated carbocycles. The summed E-state index contributed by atoms with van der Waals surface area (Å²) in [6, 6.07) is 23.9. The van der Waals surface area contributed by atoms with Crippen LogP contribution in [0.5, 0.6) is 0 Å². The maximum atomic E-state index is 14.4. The van der Waals surface area contributed by atoms with Crippen molar-refractivity contribution in [1.82, 2.24) is 9.80 Å². The Morgan fingerprint density at radius 2 is 1.11 bits per heavy atom. The Balaban J connectivity index is 0.971. The van der Waals surface area contributed by atoms with Gasteiger partial charge in [0.2, 0.25) is 0 Å². The van der Waals surface area contributed by atoms with E-state index in [1.807, 2.05) is 30.3 Å². The topological polar surface area (TPSA) is 175 Å². The zero-order valence-corrected chi connectivity index (χ0v) is 41.3. The van der Waals surface area contributed by atoms with Crippen LogP contribution >= 0.6 is 34.0 Å². The highest BCUT2D eigenvalue weighted by Crippen LogP contribution is 2.67. The van der Waals surface area contributed by atoms with E-state index in [0.717, 1.165) is 84.4 Å². The van der Waals surface area contributed by atoms with Crippen molar-refractivity contribution in [2.75, 3.05) is 0 Å². The average Bonchev–Trinajstić information content (AvgIpc) is 4.17. The van der Waals surface area contributed by atoms with Crippen LogP contribution in [-0.4, -0.2) is 45.6 Å². The Morgan fingerprint density at radius 3 is 1.63 bits per heavy atom. The van der Waals surface area contributed by atoms with Gasteiger partial charge in [0.1, 0.15) is 36.5 Å². The summed E-state index contributed by atoms with van der Waals surface area (Å²) in [5, 5.41) is 20.3. The van der Waals surface area contributed by atoms with Crippen molar-refractivity contribution in [1.29, 1.82) is 10.5 Å². The third-order valence-corrected chi connectivity index (χ3v) is 18.8. The van der Waals surface area contributed by atoms with E-state index < -0.39 is 41.2 Å². The predicted molar refractivity (Wildman–Crippen MR) is 269 cm³/mol. The van der Waals surface area contributed by atoms with Crippen molar-refractivity contribution >= 4 is 91.4 Å². The molecule has 4 aliphatic carbocycles. The highest BCUT2D eigenvalue weighted by molar-refractivity contribution is 7.32. The van der Waals surface area contributed by atoms with E-state index in [1.165, 1.54) is 31.0 Å². The molecule has 0 saturated heterocycles. The fourth-order valence-electron chi connectivity index (χ4n) is 11.6. The Kier molecular flexibility index (Phi) is 11.6. The van der Waals surface area contributed by atoms with Crippen molar-refractivity contribution in [3.8, 4) is 21.9 Å². The van der Waals surface area contributed by atoms with Gasteiger partial charge in [-0.25, -0.2) is 9.59 Å². The molecule has 0 bridgehead atoms. The van der Waals surface area contributed by atoms with E-state index in [9.17, 15) is 39.3 Å². The number of imide groups is 6. The van der Waals surface area contributed by atoms with Crippen molar-refractivity contribution < 1.29 is 38.2 Å². The first-order valence-electron chi connectivity index (χ1n) is 23.7. The van der Waals surface area contributed by atoms with Gasteiger partial charge in [0.05, 0.1) is 14.3 Å². The molecule has 6 amide bonds. The van der Waals surface area contributed by atoms with Gasteiger partial charge in [-0.3, -0.25) is 19.2 Å². The number of thiophene rings is 3. The average molecular weight is 997 g/mol. The van der Waals surface area contributed by atoms with E-state index in [-0.39, 0.29) is 52.1 Å². The number of rotatable bonds is 6. The molecule has 0 N–H and O–H groups in total. The van der Waals surface area contributed by atoms with Gasteiger partial charge in [-0.05, 0) is 103 Å². The van der Waals surface area contributed by atoms with Crippen LogP contribution in [0.3, 0.4) is 0 Å². The fourth-order valence-corrected chi connectivity index (χ4v) is 16.2. The van der Waals surface area contributed by atoms with Crippen LogP contribution in [-0.2, 0) is 52.7 Å². The van der Waals surface area contributed by atoms with E-state index in [2.05, 4.69) is 12.1 Å². The van der Waals surface area contributed by atoms with E-state index in [4.69, 9.17) is 9.47 Å². The highest BCUT2D eigenvalue weighted by Gasteiger charge is 2.52. The minimum absolute atomic E-state index is 0.0765. The number of ether oxygens (including phenoxy) is 2. The normalized spacial score (nSPS) is 20.2. The van der Waals surface area contributed by atoms with Gasteiger partial charge in [-0.2, -0.15) is 20.3 Å². The Morgan fingerprint density at radius 1 is 0.620 bits per heavy atom. The minimum Gasteiger partial charge on any atom is -0.444 e. The quantitative estimate of drug-likeness (QED) is 0.118. The summed E-state index contributed by atoms with van der Waals surface area (Å²) in [5.74, 6) is -3.69. The molecule has 11 rings (SSSR count). The second kappa shape index (κ2) is 17.8. The number of hydrogen-bond acceptors (Lipinski definition) is 13. The number of carbonyl (C=O) groups excluding carboxylic acids is 6. The molecule has 2 aromatic carbocycles. The number of nitriles is 2. The minimum atomic E-state index is -1.15. The van der Waals surface area contributed by atoms with Crippen LogP contribution in [0.2, 0.25) is 0 Å². The molecule has 0 radical (unpaired) electrons. The number of fused-ring (bicyclic) bond motifs is 10. The molecule has 0 unspecified atom stereocenters. The van der Waals surface area contributed by atoms with Crippen LogP contribution in [0.4, 0.5) is 9.59 Å². The molecule has 5 heterocycles. The molecule has 12 nitrogen and oxygen atoms in total. The lowest BCUT2D eigenvalue weighted by Crippen LogP contribution is -2.46. The number of nitrogens with zero attached hydrogens (tertiary/aromatic N) is 4. The summed E-state index contributed by atoms with van der Waals surface area (Å²) in [6.45, 7) is 2.83. The van der Waals surface area contributed by atoms with Gasteiger partial charge in [-0.15, -0.1) is 34.0 Å². The predicted octanol–water partition coefficient (Wildman–Crippen LogP) is 12.3.